The number of amides is 2. The van der Waals surface area contributed by atoms with Crippen LogP contribution in [0.3, 0.4) is 0 Å². The van der Waals surface area contributed by atoms with Gasteiger partial charge >= 0.3 is 0 Å². The summed E-state index contributed by atoms with van der Waals surface area (Å²) in [4.78, 5) is 29.1. The predicted molar refractivity (Wildman–Crippen MR) is 163 cm³/mol. The Hall–Kier alpha value is -2.05. The van der Waals surface area contributed by atoms with Crippen LogP contribution in [0.5, 0.6) is 0 Å². The molecular formula is C31H61N5O2. The molecule has 0 spiro atoms. The molecule has 6 N–H and O–H groups in total. The van der Waals surface area contributed by atoms with Gasteiger partial charge < -0.3 is 22.1 Å². The van der Waals surface area contributed by atoms with E-state index in [2.05, 4.69) is 41.6 Å². The lowest BCUT2D eigenvalue weighted by Crippen LogP contribution is -2.47. The first-order valence-corrected chi connectivity index (χ1v) is 15.8. The average Bonchev–Trinajstić information content (AvgIpc) is 2.89. The van der Waals surface area contributed by atoms with Crippen molar-refractivity contribution < 1.29 is 9.59 Å². The van der Waals surface area contributed by atoms with Crippen molar-refractivity contribution in [1.82, 2.24) is 10.6 Å². The van der Waals surface area contributed by atoms with Crippen molar-refractivity contribution in [3.63, 3.8) is 0 Å². The van der Waals surface area contributed by atoms with E-state index in [1.54, 1.807) is 0 Å². The highest BCUT2D eigenvalue weighted by Gasteiger charge is 2.19. The minimum Gasteiger partial charge on any atom is -0.370 e. The Labute approximate surface area is 234 Å². The van der Waals surface area contributed by atoms with Gasteiger partial charge in [0.25, 0.3) is 0 Å². The van der Waals surface area contributed by atoms with Crippen LogP contribution in [0.2, 0.25) is 0 Å². The number of hydrogen-bond acceptors (Lipinski definition) is 3. The largest absolute Gasteiger partial charge is 0.370 e. The highest BCUT2D eigenvalue weighted by Crippen LogP contribution is 2.10. The fourth-order valence-electron chi connectivity index (χ4n) is 4.45. The van der Waals surface area contributed by atoms with Crippen molar-refractivity contribution in [2.45, 2.75) is 155 Å². The van der Waals surface area contributed by atoms with Gasteiger partial charge in [-0.1, -0.05) is 109 Å². The molecule has 7 nitrogen and oxygen atoms in total. The SMILES string of the molecule is CCCCCCCC/C=C/CCCCCCCC(=O)NC(CCN=C(N)N)C(=O)NCCCCCCCC. The van der Waals surface area contributed by atoms with Crippen LogP contribution in [0.15, 0.2) is 17.1 Å². The standard InChI is InChI=1S/C31H61N5O2/c1-3-5-7-9-11-12-13-14-15-16-17-18-19-20-22-24-29(37)36-28(25-27-35-31(32)33)30(38)34-26-23-21-10-8-6-4-2/h14-15,28H,3-13,16-27H2,1-2H3,(H,34,38)(H,36,37)(H4,32,33,35)/b15-14+. The molecule has 0 bridgehead atoms. The molecule has 0 saturated heterocycles. The molecule has 0 fully saturated rings. The number of aliphatic imine (C=N–C) groups is 1. The predicted octanol–water partition coefficient (Wildman–Crippen LogP) is 6.65. The number of nitrogens with one attached hydrogen (secondary N) is 2. The van der Waals surface area contributed by atoms with E-state index >= 15 is 0 Å². The van der Waals surface area contributed by atoms with E-state index < -0.39 is 6.04 Å². The molecule has 0 radical (unpaired) electrons. The molecule has 222 valence electrons. The van der Waals surface area contributed by atoms with E-state index in [1.165, 1.54) is 83.5 Å². The van der Waals surface area contributed by atoms with Crippen LogP contribution < -0.4 is 22.1 Å². The van der Waals surface area contributed by atoms with Gasteiger partial charge in [-0.25, -0.2) is 0 Å². The summed E-state index contributed by atoms with van der Waals surface area (Å²) in [6.07, 6.45) is 28.5. The number of carbonyl (C=O) groups excluding carboxylic acids is 2. The molecule has 0 aromatic rings. The number of carbonyl (C=O) groups is 2. The second-order valence-corrected chi connectivity index (χ2v) is 10.6. The Kier molecular flexibility index (Phi) is 26.5. The Morgan fingerprint density at radius 3 is 1.76 bits per heavy atom. The summed E-state index contributed by atoms with van der Waals surface area (Å²) in [6, 6.07) is -0.603. The van der Waals surface area contributed by atoms with Crippen LogP contribution in [0.25, 0.3) is 0 Å². The van der Waals surface area contributed by atoms with E-state index in [4.69, 9.17) is 11.5 Å². The molecule has 0 aliphatic carbocycles. The Bertz CT molecular complexity index is 617. The third-order valence-corrected chi connectivity index (χ3v) is 6.86. The van der Waals surface area contributed by atoms with Gasteiger partial charge in [0.15, 0.2) is 5.96 Å². The molecule has 0 rings (SSSR count). The zero-order chi connectivity index (χ0) is 28.1. The smallest absolute Gasteiger partial charge is 0.242 e. The second kappa shape index (κ2) is 28.0. The fraction of sp³-hybridized carbons (Fsp3) is 0.839. The maximum Gasteiger partial charge on any atom is 0.242 e. The first-order valence-electron chi connectivity index (χ1n) is 15.8. The average molecular weight is 536 g/mol. The van der Waals surface area contributed by atoms with Gasteiger partial charge in [0, 0.05) is 19.5 Å². The number of rotatable bonds is 27. The van der Waals surface area contributed by atoms with Gasteiger partial charge in [-0.2, -0.15) is 0 Å². The van der Waals surface area contributed by atoms with Gasteiger partial charge in [-0.3, -0.25) is 14.6 Å². The zero-order valence-electron chi connectivity index (χ0n) is 24.9. The maximum atomic E-state index is 12.7. The number of nitrogens with two attached hydrogens (primary N) is 2. The van der Waals surface area contributed by atoms with E-state index in [0.717, 1.165) is 38.5 Å². The summed E-state index contributed by atoms with van der Waals surface area (Å²) < 4.78 is 0. The minimum atomic E-state index is -0.603. The third kappa shape index (κ3) is 25.6. The van der Waals surface area contributed by atoms with E-state index in [9.17, 15) is 9.59 Å². The van der Waals surface area contributed by atoms with Crippen molar-refractivity contribution in [2.24, 2.45) is 16.5 Å². The molecule has 1 atom stereocenters. The van der Waals surface area contributed by atoms with Crippen molar-refractivity contribution in [2.75, 3.05) is 13.1 Å². The number of guanidine groups is 1. The monoisotopic (exact) mass is 535 g/mol. The summed E-state index contributed by atoms with van der Waals surface area (Å²) in [6.45, 7) is 5.41. The van der Waals surface area contributed by atoms with Gasteiger partial charge in [-0.05, 0) is 44.9 Å². The number of hydrogen-bond donors (Lipinski definition) is 4. The van der Waals surface area contributed by atoms with Gasteiger partial charge in [0.05, 0.1) is 0 Å². The molecule has 0 aromatic heterocycles. The van der Waals surface area contributed by atoms with Gasteiger partial charge in [-0.15, -0.1) is 0 Å². The van der Waals surface area contributed by atoms with Crippen molar-refractivity contribution in [1.29, 1.82) is 0 Å². The summed E-state index contributed by atoms with van der Waals surface area (Å²) in [5.41, 5.74) is 10.8. The fourth-order valence-corrected chi connectivity index (χ4v) is 4.45. The summed E-state index contributed by atoms with van der Waals surface area (Å²) in [7, 11) is 0. The van der Waals surface area contributed by atoms with E-state index in [-0.39, 0.29) is 17.8 Å². The summed E-state index contributed by atoms with van der Waals surface area (Å²) >= 11 is 0. The lowest BCUT2D eigenvalue weighted by Gasteiger charge is -2.18. The quantitative estimate of drug-likeness (QED) is 0.0407. The van der Waals surface area contributed by atoms with Crippen LogP contribution in [0.1, 0.15) is 149 Å². The first-order chi connectivity index (χ1) is 18.5. The highest BCUT2D eigenvalue weighted by atomic mass is 16.2. The van der Waals surface area contributed by atoms with Crippen molar-refractivity contribution >= 4 is 17.8 Å². The van der Waals surface area contributed by atoms with Crippen molar-refractivity contribution in [3.05, 3.63) is 12.2 Å². The molecular weight excluding hydrogens is 474 g/mol. The van der Waals surface area contributed by atoms with E-state index in [1.807, 2.05) is 0 Å². The Balaban J connectivity index is 4.00. The molecule has 2 amide bonds. The molecule has 7 heteroatoms. The molecule has 1 unspecified atom stereocenters. The number of nitrogens with zero attached hydrogens (tertiary/aromatic N) is 1. The van der Waals surface area contributed by atoms with Crippen LogP contribution in [0.4, 0.5) is 0 Å². The molecule has 0 aliphatic heterocycles. The summed E-state index contributed by atoms with van der Waals surface area (Å²) in [5.74, 6) is -0.231. The molecule has 38 heavy (non-hydrogen) atoms. The molecule has 0 aromatic carbocycles. The van der Waals surface area contributed by atoms with Crippen LogP contribution in [0, 0.1) is 0 Å². The van der Waals surface area contributed by atoms with Crippen LogP contribution in [-0.2, 0) is 9.59 Å². The zero-order valence-corrected chi connectivity index (χ0v) is 24.9. The van der Waals surface area contributed by atoms with Crippen LogP contribution in [-0.4, -0.2) is 36.9 Å². The number of allylic oxidation sites excluding steroid dienone is 2. The lowest BCUT2D eigenvalue weighted by atomic mass is 10.1. The Morgan fingerprint density at radius 1 is 0.711 bits per heavy atom. The van der Waals surface area contributed by atoms with Gasteiger partial charge in [0.1, 0.15) is 6.04 Å². The third-order valence-electron chi connectivity index (χ3n) is 6.86. The Morgan fingerprint density at radius 2 is 1.21 bits per heavy atom. The minimum absolute atomic E-state index is 0.00383. The second-order valence-electron chi connectivity index (χ2n) is 10.6. The highest BCUT2D eigenvalue weighted by molar-refractivity contribution is 5.87. The van der Waals surface area contributed by atoms with Crippen molar-refractivity contribution in [3.8, 4) is 0 Å². The maximum absolute atomic E-state index is 12.7. The van der Waals surface area contributed by atoms with Gasteiger partial charge in [0.2, 0.25) is 11.8 Å². The molecule has 0 heterocycles. The first kappa shape index (κ1) is 35.9. The normalized spacial score (nSPS) is 11.9. The topological polar surface area (TPSA) is 123 Å². The summed E-state index contributed by atoms with van der Waals surface area (Å²) in [5, 5.41) is 5.87. The van der Waals surface area contributed by atoms with Crippen LogP contribution >= 0.6 is 0 Å². The molecule has 0 aliphatic rings. The van der Waals surface area contributed by atoms with E-state index in [0.29, 0.717) is 25.9 Å². The molecule has 0 saturated carbocycles. The number of unbranched alkanes of at least 4 members (excludes halogenated alkanes) is 16. The lowest BCUT2D eigenvalue weighted by molar-refractivity contribution is -0.129.